The van der Waals surface area contributed by atoms with Crippen molar-refractivity contribution in [1.29, 1.82) is 0 Å². The van der Waals surface area contributed by atoms with E-state index in [1.165, 1.54) is 0 Å². The van der Waals surface area contributed by atoms with Gasteiger partial charge in [0.2, 0.25) is 0 Å². The van der Waals surface area contributed by atoms with Crippen molar-refractivity contribution in [1.82, 2.24) is 5.43 Å². The van der Waals surface area contributed by atoms with Crippen LogP contribution in [0.1, 0.15) is 11.6 Å². The minimum atomic E-state index is 0.117. The minimum Gasteiger partial charge on any atom is -0.495 e. The third-order valence-corrected chi connectivity index (χ3v) is 3.09. The molecule has 15 heavy (non-hydrogen) atoms. The van der Waals surface area contributed by atoms with E-state index < -0.39 is 0 Å². The molecule has 0 spiro atoms. The first-order valence-electron chi connectivity index (χ1n) is 4.51. The van der Waals surface area contributed by atoms with Crippen LogP contribution in [0.15, 0.2) is 18.2 Å². The van der Waals surface area contributed by atoms with E-state index >= 15 is 0 Å². The van der Waals surface area contributed by atoms with Gasteiger partial charge in [-0.1, -0.05) is 17.7 Å². The van der Waals surface area contributed by atoms with Gasteiger partial charge in [-0.05, 0) is 24.0 Å². The Balaban J connectivity index is 2.92. The van der Waals surface area contributed by atoms with Gasteiger partial charge < -0.3 is 4.74 Å². The Labute approximate surface area is 99.3 Å². The molecule has 0 saturated heterocycles. The Hall–Kier alpha value is -0.420. The number of nitrogens with two attached hydrogens (primary N) is 1. The lowest BCUT2D eigenvalue weighted by atomic mass is 10.1. The maximum absolute atomic E-state index is 5.94. The molecule has 1 unspecified atom stereocenters. The van der Waals surface area contributed by atoms with Crippen molar-refractivity contribution < 1.29 is 4.74 Å². The van der Waals surface area contributed by atoms with Crippen LogP contribution in [-0.2, 0) is 0 Å². The average molecular weight is 247 g/mol. The highest BCUT2D eigenvalue weighted by Crippen LogP contribution is 2.28. The molecule has 0 aliphatic heterocycles. The maximum Gasteiger partial charge on any atom is 0.137 e. The summed E-state index contributed by atoms with van der Waals surface area (Å²) in [6.45, 7) is 0. The van der Waals surface area contributed by atoms with Crippen LogP contribution in [0.2, 0.25) is 5.02 Å². The predicted octanol–water partition coefficient (Wildman–Crippen LogP) is 2.22. The Morgan fingerprint density at radius 2 is 2.33 bits per heavy atom. The summed E-state index contributed by atoms with van der Waals surface area (Å²) >= 11 is 7.67. The molecule has 84 valence electrons. The summed E-state index contributed by atoms with van der Waals surface area (Å²) in [5.74, 6) is 7.06. The number of rotatable bonds is 5. The largest absolute Gasteiger partial charge is 0.495 e. The molecule has 0 amide bonds. The molecule has 0 radical (unpaired) electrons. The maximum atomic E-state index is 5.94. The number of hydrogen-bond donors (Lipinski definition) is 2. The molecule has 0 aliphatic carbocycles. The van der Waals surface area contributed by atoms with Crippen molar-refractivity contribution >= 4 is 23.4 Å². The lowest BCUT2D eigenvalue weighted by Gasteiger charge is -2.16. The number of nitrogens with one attached hydrogen (secondary N) is 1. The Morgan fingerprint density at radius 3 is 2.87 bits per heavy atom. The van der Waals surface area contributed by atoms with E-state index in [1.54, 1.807) is 18.9 Å². The molecule has 1 aromatic carbocycles. The highest BCUT2D eigenvalue weighted by atomic mass is 35.5. The first-order chi connectivity index (χ1) is 7.22. The third kappa shape index (κ3) is 3.28. The molecule has 0 aromatic heterocycles. The summed E-state index contributed by atoms with van der Waals surface area (Å²) in [6.07, 6.45) is 2.04. The standard InChI is InChI=1S/C10H15ClN2OS/c1-14-10-5-7(3-4-8(10)11)9(13-12)6-15-2/h3-5,9,13H,6,12H2,1-2H3. The molecule has 0 heterocycles. The van der Waals surface area contributed by atoms with Gasteiger partial charge >= 0.3 is 0 Å². The molecule has 0 aliphatic rings. The number of hydrogen-bond acceptors (Lipinski definition) is 4. The normalized spacial score (nSPS) is 12.5. The van der Waals surface area contributed by atoms with E-state index in [9.17, 15) is 0 Å². The second kappa shape index (κ2) is 6.23. The van der Waals surface area contributed by atoms with E-state index in [4.69, 9.17) is 22.2 Å². The molecule has 1 atom stereocenters. The fourth-order valence-corrected chi connectivity index (χ4v) is 2.12. The Bertz CT molecular complexity index is 322. The predicted molar refractivity (Wildman–Crippen MR) is 66.5 cm³/mol. The van der Waals surface area contributed by atoms with E-state index in [2.05, 4.69) is 5.43 Å². The van der Waals surface area contributed by atoms with Gasteiger partial charge in [0.15, 0.2) is 0 Å². The highest BCUT2D eigenvalue weighted by Gasteiger charge is 2.11. The van der Waals surface area contributed by atoms with Gasteiger partial charge in [0.05, 0.1) is 18.2 Å². The zero-order valence-electron chi connectivity index (χ0n) is 8.79. The lowest BCUT2D eigenvalue weighted by molar-refractivity contribution is 0.413. The van der Waals surface area contributed by atoms with Crippen LogP contribution < -0.4 is 16.0 Å². The second-order valence-corrected chi connectivity index (χ2v) is 4.39. The Kier molecular flexibility index (Phi) is 5.25. The number of halogens is 1. The first-order valence-corrected chi connectivity index (χ1v) is 6.28. The van der Waals surface area contributed by atoms with Crippen molar-refractivity contribution in [2.24, 2.45) is 5.84 Å². The van der Waals surface area contributed by atoms with Crippen LogP contribution in [0, 0.1) is 0 Å². The van der Waals surface area contributed by atoms with Crippen LogP contribution >= 0.6 is 23.4 Å². The average Bonchev–Trinajstić information content (AvgIpc) is 2.27. The topological polar surface area (TPSA) is 47.3 Å². The van der Waals surface area contributed by atoms with Crippen molar-refractivity contribution in [2.75, 3.05) is 19.1 Å². The van der Waals surface area contributed by atoms with Gasteiger partial charge in [-0.25, -0.2) is 0 Å². The SMILES string of the molecule is COc1cc(C(CSC)NN)ccc1Cl. The smallest absolute Gasteiger partial charge is 0.137 e. The summed E-state index contributed by atoms with van der Waals surface area (Å²) in [7, 11) is 1.60. The summed E-state index contributed by atoms with van der Waals surface area (Å²) in [5, 5.41) is 0.612. The zero-order valence-corrected chi connectivity index (χ0v) is 10.4. The number of methoxy groups -OCH3 is 1. The van der Waals surface area contributed by atoms with Gasteiger partial charge in [-0.2, -0.15) is 11.8 Å². The van der Waals surface area contributed by atoms with Crippen molar-refractivity contribution in [3.8, 4) is 5.75 Å². The van der Waals surface area contributed by atoms with Gasteiger partial charge in [0.1, 0.15) is 5.75 Å². The number of benzene rings is 1. The molecule has 0 bridgehead atoms. The highest BCUT2D eigenvalue weighted by molar-refractivity contribution is 7.98. The van der Waals surface area contributed by atoms with E-state index in [-0.39, 0.29) is 6.04 Å². The number of hydrazine groups is 1. The number of ether oxygens (including phenoxy) is 1. The third-order valence-electron chi connectivity index (χ3n) is 2.11. The van der Waals surface area contributed by atoms with E-state index in [0.717, 1.165) is 11.3 Å². The van der Waals surface area contributed by atoms with Crippen LogP contribution in [0.3, 0.4) is 0 Å². The molecule has 3 nitrogen and oxygen atoms in total. The molecular weight excluding hydrogens is 232 g/mol. The van der Waals surface area contributed by atoms with Crippen LogP contribution in [-0.4, -0.2) is 19.1 Å². The minimum absolute atomic E-state index is 0.117. The van der Waals surface area contributed by atoms with E-state index in [0.29, 0.717) is 10.8 Å². The molecule has 0 fully saturated rings. The Morgan fingerprint density at radius 1 is 1.60 bits per heavy atom. The molecular formula is C10H15ClN2OS. The summed E-state index contributed by atoms with van der Waals surface area (Å²) in [6, 6.07) is 5.79. The van der Waals surface area contributed by atoms with Crippen molar-refractivity contribution in [3.63, 3.8) is 0 Å². The van der Waals surface area contributed by atoms with Crippen LogP contribution in [0.25, 0.3) is 0 Å². The van der Waals surface area contributed by atoms with Gasteiger partial charge in [-0.3, -0.25) is 11.3 Å². The summed E-state index contributed by atoms with van der Waals surface area (Å²) in [4.78, 5) is 0. The molecule has 0 saturated carbocycles. The number of thioether (sulfide) groups is 1. The lowest BCUT2D eigenvalue weighted by Crippen LogP contribution is -2.29. The van der Waals surface area contributed by atoms with Crippen molar-refractivity contribution in [2.45, 2.75) is 6.04 Å². The summed E-state index contributed by atoms with van der Waals surface area (Å²) < 4.78 is 5.15. The zero-order chi connectivity index (χ0) is 11.3. The quantitative estimate of drug-likeness (QED) is 0.618. The van der Waals surface area contributed by atoms with E-state index in [1.807, 2.05) is 24.5 Å². The monoisotopic (exact) mass is 246 g/mol. The molecule has 1 rings (SSSR count). The summed E-state index contributed by atoms with van der Waals surface area (Å²) in [5.41, 5.74) is 3.85. The van der Waals surface area contributed by atoms with Gasteiger partial charge in [0.25, 0.3) is 0 Å². The van der Waals surface area contributed by atoms with Gasteiger partial charge in [-0.15, -0.1) is 0 Å². The molecule has 3 N–H and O–H groups in total. The molecule has 1 aromatic rings. The second-order valence-electron chi connectivity index (χ2n) is 3.07. The van der Waals surface area contributed by atoms with Crippen LogP contribution in [0.5, 0.6) is 5.75 Å². The fourth-order valence-electron chi connectivity index (χ4n) is 1.30. The molecule has 5 heteroatoms. The van der Waals surface area contributed by atoms with Crippen molar-refractivity contribution in [3.05, 3.63) is 28.8 Å². The first kappa shape index (κ1) is 12.6. The fraction of sp³-hybridized carbons (Fsp3) is 0.400. The van der Waals surface area contributed by atoms with Crippen LogP contribution in [0.4, 0.5) is 0 Å². The van der Waals surface area contributed by atoms with Gasteiger partial charge in [0, 0.05) is 5.75 Å².